The van der Waals surface area contributed by atoms with Gasteiger partial charge in [0.1, 0.15) is 5.82 Å². The third-order valence-corrected chi connectivity index (χ3v) is 4.46. The molecule has 6 heteroatoms. The molecule has 2 atom stereocenters. The standard InChI is InChI=1S/C19H18FN3O2/c20-15-8-6-13(7-9-15)17-10-16(24)11-23(17)12-18-21-22-19(25-18)14-4-2-1-3-5-14/h1-9,16-17,24H,10-12H2/t16-,17-/m0/s1. The van der Waals surface area contributed by atoms with Crippen LogP contribution in [0.15, 0.2) is 59.0 Å². The van der Waals surface area contributed by atoms with E-state index in [1.807, 2.05) is 30.3 Å². The summed E-state index contributed by atoms with van der Waals surface area (Å²) in [6.07, 6.45) is 0.178. The second-order valence-corrected chi connectivity index (χ2v) is 6.25. The zero-order valence-electron chi connectivity index (χ0n) is 13.5. The van der Waals surface area contributed by atoms with Gasteiger partial charge in [0.2, 0.25) is 11.8 Å². The minimum Gasteiger partial charge on any atom is -0.419 e. The van der Waals surface area contributed by atoms with Gasteiger partial charge in [-0.15, -0.1) is 10.2 Å². The number of hydrogen-bond donors (Lipinski definition) is 1. The van der Waals surface area contributed by atoms with Gasteiger partial charge in [-0.2, -0.15) is 0 Å². The lowest BCUT2D eigenvalue weighted by molar-refractivity contribution is 0.167. The van der Waals surface area contributed by atoms with E-state index in [0.717, 1.165) is 11.1 Å². The Morgan fingerprint density at radius 2 is 1.84 bits per heavy atom. The maximum atomic E-state index is 13.2. The van der Waals surface area contributed by atoms with E-state index in [1.54, 1.807) is 12.1 Å². The summed E-state index contributed by atoms with van der Waals surface area (Å²) in [4.78, 5) is 2.08. The average molecular weight is 339 g/mol. The number of likely N-dealkylation sites (tertiary alicyclic amines) is 1. The summed E-state index contributed by atoms with van der Waals surface area (Å²) in [5.74, 6) is 0.715. The molecule has 1 N–H and O–H groups in total. The molecule has 5 nitrogen and oxygen atoms in total. The topological polar surface area (TPSA) is 62.4 Å². The SMILES string of the molecule is O[C@H]1C[C@@H](c2ccc(F)cc2)N(Cc2nnc(-c3ccccc3)o2)C1. The molecule has 25 heavy (non-hydrogen) atoms. The molecule has 1 aliphatic rings. The van der Waals surface area contributed by atoms with Crippen molar-refractivity contribution in [3.05, 3.63) is 71.9 Å². The second-order valence-electron chi connectivity index (χ2n) is 6.25. The predicted molar refractivity (Wildman–Crippen MR) is 89.9 cm³/mol. The van der Waals surface area contributed by atoms with Crippen LogP contribution in [0.2, 0.25) is 0 Å². The smallest absolute Gasteiger partial charge is 0.247 e. The van der Waals surface area contributed by atoms with Crippen LogP contribution in [0, 0.1) is 5.82 Å². The van der Waals surface area contributed by atoms with Crippen molar-refractivity contribution in [1.82, 2.24) is 15.1 Å². The molecule has 0 spiro atoms. The fourth-order valence-electron chi connectivity index (χ4n) is 3.27. The van der Waals surface area contributed by atoms with Crippen LogP contribution in [0.25, 0.3) is 11.5 Å². The first-order chi connectivity index (χ1) is 12.2. The molecule has 0 aliphatic carbocycles. The number of aliphatic hydroxyl groups excluding tert-OH is 1. The van der Waals surface area contributed by atoms with Crippen LogP contribution in [0.5, 0.6) is 0 Å². The largest absolute Gasteiger partial charge is 0.419 e. The second kappa shape index (κ2) is 6.74. The summed E-state index contributed by atoms with van der Waals surface area (Å²) >= 11 is 0. The van der Waals surface area contributed by atoms with Gasteiger partial charge in [0, 0.05) is 18.2 Å². The van der Waals surface area contributed by atoms with Crippen molar-refractivity contribution < 1.29 is 13.9 Å². The van der Waals surface area contributed by atoms with E-state index in [1.165, 1.54) is 12.1 Å². The van der Waals surface area contributed by atoms with Crippen molar-refractivity contribution in [2.75, 3.05) is 6.54 Å². The summed E-state index contributed by atoms with van der Waals surface area (Å²) in [5, 5.41) is 18.3. The highest BCUT2D eigenvalue weighted by Gasteiger charge is 2.33. The number of benzene rings is 2. The Kier molecular flexibility index (Phi) is 4.29. The molecule has 0 radical (unpaired) electrons. The summed E-state index contributed by atoms with van der Waals surface area (Å²) in [5.41, 5.74) is 1.85. The van der Waals surface area contributed by atoms with E-state index >= 15 is 0 Å². The first-order valence-corrected chi connectivity index (χ1v) is 8.24. The lowest BCUT2D eigenvalue weighted by atomic mass is 10.0. The number of aliphatic hydroxyl groups is 1. The van der Waals surface area contributed by atoms with Crippen LogP contribution >= 0.6 is 0 Å². The number of aromatic nitrogens is 2. The Bertz CT molecular complexity index is 835. The van der Waals surface area contributed by atoms with Crippen LogP contribution in [0.4, 0.5) is 4.39 Å². The first kappa shape index (κ1) is 15.9. The molecule has 0 bridgehead atoms. The van der Waals surface area contributed by atoms with Crippen molar-refractivity contribution in [2.24, 2.45) is 0 Å². The molecule has 1 fully saturated rings. The summed E-state index contributed by atoms with van der Waals surface area (Å²) in [6, 6.07) is 16.0. The van der Waals surface area contributed by atoms with Gasteiger partial charge in [-0.1, -0.05) is 30.3 Å². The van der Waals surface area contributed by atoms with Gasteiger partial charge in [0.15, 0.2) is 0 Å². The van der Waals surface area contributed by atoms with Crippen LogP contribution in [-0.2, 0) is 6.54 Å². The molecule has 128 valence electrons. The highest BCUT2D eigenvalue weighted by atomic mass is 19.1. The fourth-order valence-corrected chi connectivity index (χ4v) is 3.27. The molecular weight excluding hydrogens is 321 g/mol. The van der Waals surface area contributed by atoms with E-state index in [9.17, 15) is 9.50 Å². The normalized spacial score (nSPS) is 20.9. The third-order valence-electron chi connectivity index (χ3n) is 4.46. The van der Waals surface area contributed by atoms with Gasteiger partial charge in [-0.25, -0.2) is 4.39 Å². The van der Waals surface area contributed by atoms with Crippen LogP contribution < -0.4 is 0 Å². The van der Waals surface area contributed by atoms with Gasteiger partial charge in [-0.3, -0.25) is 4.90 Å². The summed E-state index contributed by atoms with van der Waals surface area (Å²) in [6.45, 7) is 0.962. The molecule has 2 heterocycles. The molecule has 4 rings (SSSR count). The van der Waals surface area contributed by atoms with Crippen LogP contribution in [0.3, 0.4) is 0 Å². The van der Waals surface area contributed by atoms with E-state index < -0.39 is 6.10 Å². The van der Waals surface area contributed by atoms with Crippen molar-refractivity contribution in [1.29, 1.82) is 0 Å². The Morgan fingerprint density at radius 3 is 2.60 bits per heavy atom. The zero-order chi connectivity index (χ0) is 17.2. The Hall–Kier alpha value is -2.57. The van der Waals surface area contributed by atoms with Gasteiger partial charge in [0.05, 0.1) is 12.6 Å². The summed E-state index contributed by atoms with van der Waals surface area (Å²) < 4.78 is 18.9. The maximum absolute atomic E-state index is 13.2. The minimum atomic E-state index is -0.424. The number of rotatable bonds is 4. The van der Waals surface area contributed by atoms with Crippen molar-refractivity contribution >= 4 is 0 Å². The molecule has 0 saturated carbocycles. The predicted octanol–water partition coefficient (Wildman–Crippen LogP) is 3.18. The molecule has 1 aliphatic heterocycles. The molecule has 1 saturated heterocycles. The number of halogens is 1. The van der Waals surface area contributed by atoms with Gasteiger partial charge in [-0.05, 0) is 36.2 Å². The number of nitrogens with zero attached hydrogens (tertiary/aromatic N) is 3. The van der Waals surface area contributed by atoms with Crippen molar-refractivity contribution in [3.8, 4) is 11.5 Å². The van der Waals surface area contributed by atoms with Crippen LogP contribution in [-0.4, -0.2) is 32.9 Å². The Balaban J connectivity index is 1.53. The third kappa shape index (κ3) is 3.45. The zero-order valence-corrected chi connectivity index (χ0v) is 13.5. The number of hydrogen-bond acceptors (Lipinski definition) is 5. The van der Waals surface area contributed by atoms with E-state index in [2.05, 4.69) is 15.1 Å². The maximum Gasteiger partial charge on any atom is 0.247 e. The number of β-amino-alcohol motifs (C(OH)–C–C–N with tert-alkyl or cyclic N) is 1. The quantitative estimate of drug-likeness (QED) is 0.791. The van der Waals surface area contributed by atoms with Crippen molar-refractivity contribution in [2.45, 2.75) is 25.1 Å². The molecule has 1 aromatic heterocycles. The average Bonchev–Trinajstić information content (AvgIpc) is 3.23. The highest BCUT2D eigenvalue weighted by molar-refractivity contribution is 5.51. The van der Waals surface area contributed by atoms with Gasteiger partial charge in [0.25, 0.3) is 0 Å². The molecule has 0 amide bonds. The highest BCUT2D eigenvalue weighted by Crippen LogP contribution is 2.33. The van der Waals surface area contributed by atoms with E-state index in [0.29, 0.717) is 31.3 Å². The lowest BCUT2D eigenvalue weighted by Gasteiger charge is -2.22. The molecular formula is C19H18FN3O2. The first-order valence-electron chi connectivity index (χ1n) is 8.24. The van der Waals surface area contributed by atoms with Crippen LogP contribution in [0.1, 0.15) is 23.9 Å². The van der Waals surface area contributed by atoms with Crippen molar-refractivity contribution in [3.63, 3.8) is 0 Å². The minimum absolute atomic E-state index is 0.00248. The molecule has 3 aromatic rings. The van der Waals surface area contributed by atoms with Gasteiger partial charge >= 0.3 is 0 Å². The van der Waals surface area contributed by atoms with Gasteiger partial charge < -0.3 is 9.52 Å². The lowest BCUT2D eigenvalue weighted by Crippen LogP contribution is -2.24. The summed E-state index contributed by atoms with van der Waals surface area (Å²) in [7, 11) is 0. The fraction of sp³-hybridized carbons (Fsp3) is 0.263. The van der Waals surface area contributed by atoms with E-state index in [-0.39, 0.29) is 11.9 Å². The monoisotopic (exact) mass is 339 g/mol. The Labute approximate surface area is 144 Å². The molecule has 2 aromatic carbocycles. The Morgan fingerprint density at radius 1 is 1.08 bits per heavy atom. The van der Waals surface area contributed by atoms with E-state index in [4.69, 9.17) is 4.42 Å². The molecule has 0 unspecified atom stereocenters.